The fourth-order valence-corrected chi connectivity index (χ4v) is 3.99. The quantitative estimate of drug-likeness (QED) is 0.317. The molecule has 0 saturated carbocycles. The number of benzene rings is 2. The molecule has 7 heteroatoms. The van der Waals surface area contributed by atoms with Crippen LogP contribution in [0.25, 0.3) is 10.8 Å². The highest BCUT2D eigenvalue weighted by atomic mass is 127. The minimum Gasteiger partial charge on any atom is -0.361 e. The van der Waals surface area contributed by atoms with Crippen molar-refractivity contribution in [1.29, 1.82) is 0 Å². The average molecular weight is 519 g/mol. The monoisotopic (exact) mass is 519 g/mol. The molecule has 1 saturated heterocycles. The van der Waals surface area contributed by atoms with Crippen LogP contribution in [-0.4, -0.2) is 60.7 Å². The summed E-state index contributed by atoms with van der Waals surface area (Å²) in [6.07, 6.45) is 0.978. The van der Waals surface area contributed by atoms with Crippen LogP contribution >= 0.6 is 24.0 Å². The first-order valence-electron chi connectivity index (χ1n) is 10.3. The lowest BCUT2D eigenvalue weighted by Crippen LogP contribution is -2.52. The van der Waals surface area contributed by atoms with Crippen LogP contribution in [0.1, 0.15) is 17.0 Å². The lowest BCUT2D eigenvalue weighted by atomic mass is 10.0. The summed E-state index contributed by atoms with van der Waals surface area (Å²) in [6.45, 7) is 7.57. The molecule has 0 radical (unpaired) electrons. The van der Waals surface area contributed by atoms with Crippen LogP contribution in [0.3, 0.4) is 0 Å². The summed E-state index contributed by atoms with van der Waals surface area (Å²) in [6, 6.07) is 17.1. The molecule has 1 aliphatic rings. The van der Waals surface area contributed by atoms with Crippen LogP contribution in [-0.2, 0) is 13.0 Å². The van der Waals surface area contributed by atoms with Gasteiger partial charge in [-0.3, -0.25) is 9.89 Å². The second-order valence-corrected chi connectivity index (χ2v) is 7.55. The lowest BCUT2D eigenvalue weighted by Gasteiger charge is -2.36. The molecule has 0 bridgehead atoms. The van der Waals surface area contributed by atoms with Crippen molar-refractivity contribution < 1.29 is 4.52 Å². The van der Waals surface area contributed by atoms with Crippen molar-refractivity contribution in [2.24, 2.45) is 4.99 Å². The Kier molecular flexibility index (Phi) is 8.09. The van der Waals surface area contributed by atoms with E-state index in [1.165, 1.54) is 16.3 Å². The lowest BCUT2D eigenvalue weighted by molar-refractivity contribution is 0.169. The highest BCUT2D eigenvalue weighted by Gasteiger charge is 2.20. The van der Waals surface area contributed by atoms with Gasteiger partial charge in [0, 0.05) is 52.4 Å². The van der Waals surface area contributed by atoms with Crippen molar-refractivity contribution in [2.75, 3.05) is 39.8 Å². The molecule has 0 spiro atoms. The Morgan fingerprint density at radius 3 is 2.60 bits per heavy atom. The number of rotatable bonds is 5. The molecule has 3 aromatic rings. The van der Waals surface area contributed by atoms with E-state index in [1.807, 2.05) is 20.0 Å². The first-order valence-corrected chi connectivity index (χ1v) is 10.3. The smallest absolute Gasteiger partial charge is 0.193 e. The van der Waals surface area contributed by atoms with E-state index in [-0.39, 0.29) is 24.0 Å². The van der Waals surface area contributed by atoms with E-state index in [0.717, 1.165) is 63.1 Å². The third-order valence-electron chi connectivity index (χ3n) is 5.50. The summed E-state index contributed by atoms with van der Waals surface area (Å²) in [5.41, 5.74) is 2.38. The number of hydrogen-bond donors (Lipinski definition) is 1. The molecule has 0 atom stereocenters. The largest absolute Gasteiger partial charge is 0.361 e. The van der Waals surface area contributed by atoms with Gasteiger partial charge < -0.3 is 14.7 Å². The minimum atomic E-state index is 0. The number of nitrogens with zero attached hydrogens (tertiary/aromatic N) is 4. The van der Waals surface area contributed by atoms with Gasteiger partial charge in [-0.25, -0.2) is 0 Å². The van der Waals surface area contributed by atoms with Crippen molar-refractivity contribution >= 4 is 40.7 Å². The molecule has 1 N–H and O–H groups in total. The summed E-state index contributed by atoms with van der Waals surface area (Å²) < 4.78 is 5.17. The Labute approximate surface area is 195 Å². The van der Waals surface area contributed by atoms with E-state index >= 15 is 0 Å². The maximum absolute atomic E-state index is 5.17. The molecule has 0 amide bonds. The van der Waals surface area contributed by atoms with E-state index < -0.39 is 0 Å². The van der Waals surface area contributed by atoms with Gasteiger partial charge in [0.25, 0.3) is 0 Å². The average Bonchev–Trinajstić information content (AvgIpc) is 3.16. The van der Waals surface area contributed by atoms with Gasteiger partial charge in [0.2, 0.25) is 0 Å². The summed E-state index contributed by atoms with van der Waals surface area (Å²) >= 11 is 0. The van der Waals surface area contributed by atoms with Gasteiger partial charge in [0.1, 0.15) is 5.76 Å². The van der Waals surface area contributed by atoms with Gasteiger partial charge in [0.05, 0.1) is 5.69 Å². The van der Waals surface area contributed by atoms with E-state index in [2.05, 4.69) is 67.7 Å². The Hall–Kier alpha value is -2.13. The molecule has 1 aliphatic heterocycles. The third kappa shape index (κ3) is 5.51. The van der Waals surface area contributed by atoms with Crippen molar-refractivity contribution in [3.05, 3.63) is 65.5 Å². The van der Waals surface area contributed by atoms with Gasteiger partial charge in [-0.15, -0.1) is 24.0 Å². The molecule has 2 heterocycles. The Bertz CT molecular complexity index is 973. The van der Waals surface area contributed by atoms with Crippen LogP contribution in [0, 0.1) is 6.92 Å². The maximum Gasteiger partial charge on any atom is 0.193 e. The predicted octanol–water partition coefficient (Wildman–Crippen LogP) is 3.69. The molecule has 160 valence electrons. The normalized spacial score (nSPS) is 15.3. The fraction of sp³-hybridized carbons (Fsp3) is 0.391. The molecule has 6 nitrogen and oxygen atoms in total. The zero-order valence-electron chi connectivity index (χ0n) is 17.7. The summed E-state index contributed by atoms with van der Waals surface area (Å²) in [7, 11) is 1.87. The van der Waals surface area contributed by atoms with Crippen LogP contribution in [0.5, 0.6) is 0 Å². The number of aromatic nitrogens is 1. The molecule has 0 unspecified atom stereocenters. The molecule has 0 aliphatic carbocycles. The minimum absolute atomic E-state index is 0. The topological polar surface area (TPSA) is 56.9 Å². The number of hydrogen-bond acceptors (Lipinski definition) is 4. The Morgan fingerprint density at radius 2 is 1.87 bits per heavy atom. The molecular formula is C23H30IN5O. The summed E-state index contributed by atoms with van der Waals surface area (Å²) in [4.78, 5) is 9.26. The summed E-state index contributed by atoms with van der Waals surface area (Å²) in [5.74, 6) is 1.86. The molecule has 1 aromatic heterocycles. The van der Waals surface area contributed by atoms with Gasteiger partial charge in [0.15, 0.2) is 5.96 Å². The SMILES string of the molecule is CN=C(NCCc1cccc2ccccc12)N1CCN(Cc2cc(C)on2)CC1.I. The second-order valence-electron chi connectivity index (χ2n) is 7.55. The number of fused-ring (bicyclic) bond motifs is 1. The molecule has 30 heavy (non-hydrogen) atoms. The van der Waals surface area contributed by atoms with Crippen LogP contribution in [0.4, 0.5) is 0 Å². The summed E-state index contributed by atoms with van der Waals surface area (Å²) in [5, 5.41) is 10.3. The number of halogens is 1. The van der Waals surface area contributed by atoms with Crippen molar-refractivity contribution in [2.45, 2.75) is 19.9 Å². The van der Waals surface area contributed by atoms with Crippen LogP contribution < -0.4 is 5.32 Å². The predicted molar refractivity (Wildman–Crippen MR) is 133 cm³/mol. The van der Waals surface area contributed by atoms with Gasteiger partial charge in [-0.1, -0.05) is 47.6 Å². The Morgan fingerprint density at radius 1 is 1.10 bits per heavy atom. The maximum atomic E-state index is 5.17. The number of guanidine groups is 1. The van der Waals surface area contributed by atoms with Crippen molar-refractivity contribution in [3.8, 4) is 0 Å². The van der Waals surface area contributed by atoms with Crippen molar-refractivity contribution in [3.63, 3.8) is 0 Å². The first-order chi connectivity index (χ1) is 14.2. The zero-order chi connectivity index (χ0) is 20.1. The highest BCUT2D eigenvalue weighted by Crippen LogP contribution is 2.18. The van der Waals surface area contributed by atoms with Gasteiger partial charge in [-0.05, 0) is 29.7 Å². The van der Waals surface area contributed by atoms with E-state index in [1.54, 1.807) is 0 Å². The third-order valence-corrected chi connectivity index (χ3v) is 5.50. The van der Waals surface area contributed by atoms with Crippen molar-refractivity contribution in [1.82, 2.24) is 20.3 Å². The zero-order valence-corrected chi connectivity index (χ0v) is 20.0. The number of aliphatic imine (C=N–C) groups is 1. The highest BCUT2D eigenvalue weighted by molar-refractivity contribution is 14.0. The fourth-order valence-electron chi connectivity index (χ4n) is 3.99. The van der Waals surface area contributed by atoms with Crippen LogP contribution in [0.15, 0.2) is 58.0 Å². The van der Waals surface area contributed by atoms with E-state index in [4.69, 9.17) is 4.52 Å². The van der Waals surface area contributed by atoms with Gasteiger partial charge >= 0.3 is 0 Å². The number of nitrogens with one attached hydrogen (secondary N) is 1. The number of aryl methyl sites for hydroxylation is 1. The molecule has 1 fully saturated rings. The molecular weight excluding hydrogens is 489 g/mol. The van der Waals surface area contributed by atoms with E-state index in [9.17, 15) is 0 Å². The van der Waals surface area contributed by atoms with Gasteiger partial charge in [-0.2, -0.15) is 0 Å². The second kappa shape index (κ2) is 10.8. The molecule has 4 rings (SSSR count). The van der Waals surface area contributed by atoms with E-state index in [0.29, 0.717) is 0 Å². The standard InChI is InChI=1S/C23H29N5O.HI/c1-18-16-21(26-29-18)17-27-12-14-28(15-13-27)23(24-2)25-11-10-20-8-5-7-19-6-3-4-9-22(19)20;/h3-9,16H,10-15,17H2,1-2H3,(H,24,25);1H. The molecule has 2 aromatic carbocycles. The first kappa shape index (κ1) is 22.6. The van der Waals surface area contributed by atoms with Crippen LogP contribution in [0.2, 0.25) is 0 Å². The Balaban J connectivity index is 0.00000256. The number of piperazine rings is 1.